The van der Waals surface area contributed by atoms with E-state index in [1.165, 1.54) is 51.4 Å². The van der Waals surface area contributed by atoms with E-state index in [-0.39, 0.29) is 30.1 Å². The second-order valence-electron chi connectivity index (χ2n) is 9.39. The van der Waals surface area contributed by atoms with Crippen molar-refractivity contribution in [3.05, 3.63) is 52.7 Å². The van der Waals surface area contributed by atoms with Crippen LogP contribution in [-0.2, 0) is 9.59 Å². The molecule has 1 saturated carbocycles. The normalized spacial score (nSPS) is 15.1. The summed E-state index contributed by atoms with van der Waals surface area (Å²) in [5, 5.41) is 7.08. The first-order valence-corrected chi connectivity index (χ1v) is 13.4. The molecule has 0 bridgehead atoms. The Bertz CT molecular complexity index is 1200. The van der Waals surface area contributed by atoms with Crippen LogP contribution in [0.15, 0.2) is 47.3 Å². The van der Waals surface area contributed by atoms with Crippen LogP contribution in [0.2, 0.25) is 0 Å². The molecule has 2 aromatic carbocycles. The van der Waals surface area contributed by atoms with Crippen molar-refractivity contribution < 1.29 is 9.59 Å². The van der Waals surface area contributed by atoms with Crippen molar-refractivity contribution in [2.75, 3.05) is 11.9 Å². The van der Waals surface area contributed by atoms with E-state index in [0.717, 1.165) is 21.7 Å². The van der Waals surface area contributed by atoms with E-state index < -0.39 is 0 Å². The van der Waals surface area contributed by atoms with Crippen LogP contribution in [0.4, 0.5) is 5.69 Å². The van der Waals surface area contributed by atoms with Gasteiger partial charge in [0.05, 0.1) is 0 Å². The predicted octanol–water partition coefficient (Wildman–Crippen LogP) is 6.39. The van der Waals surface area contributed by atoms with E-state index >= 15 is 0 Å². The molecular weight excluding hydrogens is 444 g/mol. The molecule has 1 aliphatic carbocycles. The minimum Gasteiger partial charge on any atom is -0.356 e. The van der Waals surface area contributed by atoms with Crippen LogP contribution in [-0.4, -0.2) is 18.4 Å². The highest BCUT2D eigenvalue weighted by molar-refractivity contribution is 7.24. The van der Waals surface area contributed by atoms with Gasteiger partial charge in [-0.3, -0.25) is 14.4 Å². The Kier molecular flexibility index (Phi) is 8.69. The van der Waals surface area contributed by atoms with E-state index in [4.69, 9.17) is 0 Å². The van der Waals surface area contributed by atoms with Crippen molar-refractivity contribution in [1.29, 1.82) is 0 Å². The summed E-state index contributed by atoms with van der Waals surface area (Å²) in [5.41, 5.74) is 0.552. The highest BCUT2D eigenvalue weighted by Crippen LogP contribution is 2.27. The third-order valence-electron chi connectivity index (χ3n) is 6.77. The van der Waals surface area contributed by atoms with Crippen LogP contribution in [0.1, 0.15) is 70.6 Å². The minimum absolute atomic E-state index is 0.0285. The quantitative estimate of drug-likeness (QED) is 0.291. The minimum atomic E-state index is -0.221. The molecule has 0 unspecified atom stereocenters. The first-order chi connectivity index (χ1) is 16.6. The molecule has 1 aliphatic rings. The van der Waals surface area contributed by atoms with Crippen LogP contribution in [0.3, 0.4) is 0 Å². The zero-order chi connectivity index (χ0) is 23.8. The molecule has 6 heteroatoms. The Morgan fingerprint density at radius 2 is 1.56 bits per heavy atom. The van der Waals surface area contributed by atoms with E-state index in [9.17, 15) is 14.4 Å². The van der Waals surface area contributed by atoms with Crippen LogP contribution in [0.25, 0.3) is 20.2 Å². The van der Waals surface area contributed by atoms with Crippen LogP contribution < -0.4 is 16.1 Å². The van der Waals surface area contributed by atoms with Crippen molar-refractivity contribution in [1.82, 2.24) is 5.32 Å². The smallest absolute Gasteiger partial charge is 0.224 e. The van der Waals surface area contributed by atoms with Gasteiger partial charge in [-0.05, 0) is 49.1 Å². The number of benzene rings is 2. The van der Waals surface area contributed by atoms with Gasteiger partial charge in [0.25, 0.3) is 0 Å². The van der Waals surface area contributed by atoms with Crippen LogP contribution in [0, 0.1) is 5.92 Å². The molecule has 3 aromatic rings. The molecule has 2 N–H and O–H groups in total. The van der Waals surface area contributed by atoms with Gasteiger partial charge in [-0.25, -0.2) is 0 Å². The maximum absolute atomic E-state index is 12.8. The van der Waals surface area contributed by atoms with Gasteiger partial charge in [-0.2, -0.15) is 0 Å². The topological polar surface area (TPSA) is 75.3 Å². The summed E-state index contributed by atoms with van der Waals surface area (Å²) in [6, 6.07) is 13.0. The van der Waals surface area contributed by atoms with Crippen LogP contribution in [0.5, 0.6) is 0 Å². The van der Waals surface area contributed by atoms with E-state index in [1.54, 1.807) is 23.5 Å². The molecule has 0 atom stereocenters. The summed E-state index contributed by atoms with van der Waals surface area (Å²) in [4.78, 5) is 37.4. The molecule has 2 amide bonds. The van der Waals surface area contributed by atoms with Gasteiger partial charge < -0.3 is 10.6 Å². The maximum Gasteiger partial charge on any atom is 0.224 e. The van der Waals surface area contributed by atoms with Gasteiger partial charge in [0, 0.05) is 45.2 Å². The molecule has 5 nitrogen and oxygen atoms in total. The maximum atomic E-state index is 12.8. The Labute approximate surface area is 204 Å². The first-order valence-electron chi connectivity index (χ1n) is 12.6. The van der Waals surface area contributed by atoms with Gasteiger partial charge in [-0.1, -0.05) is 57.1 Å². The van der Waals surface area contributed by atoms with Crippen molar-refractivity contribution >= 4 is 49.0 Å². The van der Waals surface area contributed by atoms with E-state index in [1.807, 2.05) is 30.3 Å². The highest BCUT2D eigenvalue weighted by atomic mass is 32.1. The number of hydrogen-bond donors (Lipinski definition) is 2. The number of fused-ring (bicyclic) bond motifs is 2. The summed E-state index contributed by atoms with van der Waals surface area (Å²) in [5.74, 6) is 0.501. The molecule has 0 aliphatic heterocycles. The van der Waals surface area contributed by atoms with E-state index in [2.05, 4.69) is 10.6 Å². The highest BCUT2D eigenvalue weighted by Gasteiger charge is 2.12. The Hall–Kier alpha value is -2.73. The Morgan fingerprint density at radius 1 is 0.853 bits per heavy atom. The summed E-state index contributed by atoms with van der Waals surface area (Å²) in [6.07, 6.45) is 11.9. The number of hydrogen-bond acceptors (Lipinski definition) is 4. The van der Waals surface area contributed by atoms with Crippen molar-refractivity contribution in [2.45, 2.75) is 70.6 Å². The Balaban J connectivity index is 1.22. The van der Waals surface area contributed by atoms with Crippen molar-refractivity contribution in [2.24, 2.45) is 5.92 Å². The zero-order valence-electron chi connectivity index (χ0n) is 19.7. The number of carbonyl (C=O) groups is 2. The van der Waals surface area contributed by atoms with Gasteiger partial charge in [0.1, 0.15) is 0 Å². The fourth-order valence-electron chi connectivity index (χ4n) is 4.87. The monoisotopic (exact) mass is 478 g/mol. The second-order valence-corrected chi connectivity index (χ2v) is 10.5. The van der Waals surface area contributed by atoms with E-state index in [0.29, 0.717) is 23.0 Å². The summed E-state index contributed by atoms with van der Waals surface area (Å²) in [6.45, 7) is 0.684. The predicted molar refractivity (Wildman–Crippen MR) is 142 cm³/mol. The van der Waals surface area contributed by atoms with Crippen LogP contribution >= 0.6 is 11.3 Å². The standard InChI is InChI=1S/C28H34N2O3S/c31-26(29-18-8-11-20-9-4-2-1-3-5-10-20)16-17-27(32)30-21-14-15-25-23(19-21)28(33)22-12-6-7-13-24(22)34-25/h6-7,12-15,19-20H,1-5,8-11,16-18H2,(H,29,31)(H,30,32). The third-order valence-corrected chi connectivity index (χ3v) is 7.93. The lowest BCUT2D eigenvalue weighted by Crippen LogP contribution is -2.26. The summed E-state index contributed by atoms with van der Waals surface area (Å²) < 4.78 is 1.84. The zero-order valence-corrected chi connectivity index (χ0v) is 20.6. The largest absolute Gasteiger partial charge is 0.356 e. The number of nitrogens with one attached hydrogen (secondary N) is 2. The SMILES string of the molecule is O=C(CCC(=O)Nc1ccc2sc3ccccc3c(=O)c2c1)NCCCC1CCCCCCC1. The Morgan fingerprint density at radius 3 is 2.38 bits per heavy atom. The third kappa shape index (κ3) is 6.66. The summed E-state index contributed by atoms with van der Waals surface area (Å²) in [7, 11) is 0. The number of amides is 2. The molecule has 1 aromatic heterocycles. The molecular formula is C28H34N2O3S. The molecule has 180 valence electrons. The average molecular weight is 479 g/mol. The van der Waals surface area contributed by atoms with Gasteiger partial charge in [-0.15, -0.1) is 11.3 Å². The van der Waals surface area contributed by atoms with Crippen molar-refractivity contribution in [3.63, 3.8) is 0 Å². The molecule has 4 rings (SSSR count). The van der Waals surface area contributed by atoms with Gasteiger partial charge in [0.2, 0.25) is 11.8 Å². The number of anilines is 1. The average Bonchev–Trinajstić information content (AvgIpc) is 2.82. The summed E-state index contributed by atoms with van der Waals surface area (Å²) >= 11 is 1.56. The van der Waals surface area contributed by atoms with Crippen molar-refractivity contribution in [3.8, 4) is 0 Å². The number of rotatable bonds is 8. The molecule has 1 heterocycles. The fraction of sp³-hybridized carbons (Fsp3) is 0.464. The lowest BCUT2D eigenvalue weighted by atomic mass is 9.88. The van der Waals surface area contributed by atoms with Gasteiger partial charge >= 0.3 is 0 Å². The molecule has 0 radical (unpaired) electrons. The molecule has 0 saturated heterocycles. The molecule has 34 heavy (non-hydrogen) atoms. The molecule has 1 fully saturated rings. The lowest BCUT2D eigenvalue weighted by molar-refractivity contribution is -0.124. The van der Waals surface area contributed by atoms with Gasteiger partial charge in [0.15, 0.2) is 5.43 Å². The second kappa shape index (κ2) is 12.1. The fourth-order valence-corrected chi connectivity index (χ4v) is 5.92. The molecule has 0 spiro atoms. The lowest BCUT2D eigenvalue weighted by Gasteiger charge is -2.19. The first kappa shape index (κ1) is 24.4. The number of carbonyl (C=O) groups excluding carboxylic acids is 2.